The minimum atomic E-state index is 0.743. The number of nitrogens with one attached hydrogen (secondary N) is 1. The molecule has 0 aliphatic carbocycles. The summed E-state index contributed by atoms with van der Waals surface area (Å²) in [6.07, 6.45) is 1.85. The van der Waals surface area contributed by atoms with Crippen molar-refractivity contribution in [2.45, 2.75) is 0 Å². The predicted octanol–water partition coefficient (Wildman–Crippen LogP) is -0.797. The topological polar surface area (TPSA) is 28.7 Å². The Morgan fingerprint density at radius 3 is 2.83 bits per heavy atom. The Balaban J connectivity index is 3.05. The second-order valence-electron chi connectivity index (χ2n) is 1.22. The normalized spacial score (nSPS) is 9.00. The Bertz CT molecular complexity index is 112. The van der Waals surface area contributed by atoms with Gasteiger partial charge in [0.15, 0.2) is 0 Å². The van der Waals surface area contributed by atoms with Gasteiger partial charge in [-0.1, -0.05) is 0 Å². The Morgan fingerprint density at radius 2 is 2.67 bits per heavy atom. The summed E-state index contributed by atoms with van der Waals surface area (Å²) in [6, 6.07) is 2.00. The van der Waals surface area contributed by atoms with Crippen LogP contribution in [0, 0.1) is 0 Å². The van der Waals surface area contributed by atoms with E-state index < -0.39 is 0 Å². The van der Waals surface area contributed by atoms with Crippen molar-refractivity contribution >= 4 is 48.7 Å². The number of H-pyrrole nitrogens is 1. The van der Waals surface area contributed by atoms with Crippen molar-refractivity contribution in [3.63, 3.8) is 0 Å². The van der Waals surface area contributed by atoms with E-state index >= 15 is 0 Å². The molecule has 0 aliphatic heterocycles. The van der Waals surface area contributed by atoms with E-state index in [1.54, 1.807) is 0 Å². The van der Waals surface area contributed by atoms with E-state index in [-0.39, 0.29) is 0 Å². The van der Waals surface area contributed by atoms with E-state index in [1.807, 2.05) is 12.3 Å². The van der Waals surface area contributed by atoms with Crippen LogP contribution in [-0.2, 0) is 0 Å². The van der Waals surface area contributed by atoms with Crippen molar-refractivity contribution in [2.24, 2.45) is 0 Å². The van der Waals surface area contributed by atoms with Gasteiger partial charge < -0.3 is 0 Å². The molecule has 0 aliphatic rings. The fourth-order valence-corrected chi connectivity index (χ4v) is 0.796. The molecule has 0 aromatic carbocycles. The van der Waals surface area contributed by atoms with Crippen LogP contribution < -0.4 is -0.212 Å². The SMILES string of the molecule is [K][c]1cc[nH]n1. The molecule has 2 nitrogen and oxygen atoms in total. The van der Waals surface area contributed by atoms with E-state index in [4.69, 9.17) is 0 Å². The molecular formula is C3H3KN2. The minimum absolute atomic E-state index is 0.743. The molecule has 0 unspecified atom stereocenters. The van der Waals surface area contributed by atoms with Crippen molar-refractivity contribution in [2.75, 3.05) is 0 Å². The number of rotatable bonds is 0. The zero-order valence-electron chi connectivity index (χ0n) is 3.60. The first-order valence-corrected chi connectivity index (χ1v) is 3.42. The predicted molar refractivity (Wildman–Crippen MR) is 24.0 cm³/mol. The average Bonchev–Trinajstić information content (AvgIpc) is 1.86. The second kappa shape index (κ2) is 2.23. The molecule has 1 rings (SSSR count). The number of hydrogen-bond acceptors (Lipinski definition) is 1. The summed E-state index contributed by atoms with van der Waals surface area (Å²) in [5.41, 5.74) is 0. The molecule has 0 spiro atoms. The molecule has 0 atom stereocenters. The Morgan fingerprint density at radius 1 is 1.83 bits per heavy atom. The van der Waals surface area contributed by atoms with Gasteiger partial charge in [0.05, 0.1) is 0 Å². The summed E-state index contributed by atoms with van der Waals surface area (Å²) in [6.45, 7) is 0. The summed E-state index contributed by atoms with van der Waals surface area (Å²) < 4.78 is 1.22. The number of aromatic amines is 1. The average molecular weight is 106 g/mol. The first-order chi connectivity index (χ1) is 2.89. The number of aromatic nitrogens is 2. The summed E-state index contributed by atoms with van der Waals surface area (Å²) in [4.78, 5) is 0. The van der Waals surface area contributed by atoms with Crippen molar-refractivity contribution < 1.29 is 0 Å². The molecule has 1 N–H and O–H groups in total. The molecule has 6 heavy (non-hydrogen) atoms. The van der Waals surface area contributed by atoms with Crippen molar-refractivity contribution in [3.8, 4) is 0 Å². The van der Waals surface area contributed by atoms with Gasteiger partial charge in [-0.2, -0.15) is 0 Å². The van der Waals surface area contributed by atoms with E-state index in [9.17, 15) is 0 Å². The molecule has 0 saturated heterocycles. The molecule has 0 amide bonds. The van der Waals surface area contributed by atoms with Crippen LogP contribution in [0.2, 0.25) is 0 Å². The van der Waals surface area contributed by atoms with Gasteiger partial charge >= 0.3 is 71.2 Å². The van der Waals surface area contributed by atoms with E-state index in [0.717, 1.165) is 49.0 Å². The van der Waals surface area contributed by atoms with Crippen LogP contribution in [0.1, 0.15) is 0 Å². The summed E-state index contributed by atoms with van der Waals surface area (Å²) >= 11 is 0.743. The van der Waals surface area contributed by atoms with Crippen LogP contribution in [0.25, 0.3) is 0 Å². The molecule has 0 fully saturated rings. The third kappa shape index (κ3) is 1.16. The van der Waals surface area contributed by atoms with Gasteiger partial charge in [-0.25, -0.2) is 0 Å². The quantitative estimate of drug-likeness (QED) is 0.431. The van der Waals surface area contributed by atoms with Crippen LogP contribution >= 0.6 is 0 Å². The molecule has 1 aromatic heterocycles. The monoisotopic (exact) mass is 106 g/mol. The van der Waals surface area contributed by atoms with Crippen LogP contribution in [0.5, 0.6) is 0 Å². The third-order valence-corrected chi connectivity index (χ3v) is 1.51. The second-order valence-corrected chi connectivity index (χ2v) is 2.82. The molecule has 26 valence electrons. The van der Waals surface area contributed by atoms with Gasteiger partial charge in [-0.15, -0.1) is 0 Å². The van der Waals surface area contributed by atoms with E-state index in [0.29, 0.717) is 0 Å². The van der Waals surface area contributed by atoms with E-state index in [1.165, 1.54) is -0.212 Å². The summed E-state index contributed by atoms with van der Waals surface area (Å²) in [5.74, 6) is 0. The fourth-order valence-electron chi connectivity index (χ4n) is 0.334. The first-order valence-electron chi connectivity index (χ1n) is 1.86. The fraction of sp³-hybridized carbons (Fsp3) is 0. The van der Waals surface area contributed by atoms with Gasteiger partial charge in [-0.05, 0) is 0 Å². The van der Waals surface area contributed by atoms with Crippen molar-refractivity contribution in [1.82, 2.24) is 10.2 Å². The standard InChI is InChI=1S/C3H3N2.K/c1-2-4-5-3-1;/h1-2H,(H,4,5);. The van der Waals surface area contributed by atoms with Crippen LogP contribution in [0.15, 0.2) is 12.3 Å². The van der Waals surface area contributed by atoms with Crippen LogP contribution in [0.3, 0.4) is 0 Å². The Labute approximate surface area is 69.9 Å². The van der Waals surface area contributed by atoms with Gasteiger partial charge in [0.2, 0.25) is 0 Å². The van der Waals surface area contributed by atoms with Crippen molar-refractivity contribution in [1.29, 1.82) is 0 Å². The molecule has 0 saturated carbocycles. The molecule has 1 aromatic rings. The molecular weight excluding hydrogens is 103 g/mol. The molecule has 1 heterocycles. The maximum absolute atomic E-state index is 3.88. The van der Waals surface area contributed by atoms with Crippen molar-refractivity contribution in [3.05, 3.63) is 12.3 Å². The van der Waals surface area contributed by atoms with Gasteiger partial charge in [0, 0.05) is 0 Å². The van der Waals surface area contributed by atoms with Gasteiger partial charge in [0.25, 0.3) is 0 Å². The Hall–Kier alpha value is 0.846. The first kappa shape index (κ1) is 4.99. The summed E-state index contributed by atoms with van der Waals surface area (Å²) in [5, 5.41) is 6.60. The van der Waals surface area contributed by atoms with Gasteiger partial charge in [-0.3, -0.25) is 0 Å². The molecule has 3 heteroatoms. The zero-order chi connectivity index (χ0) is 4.41. The summed E-state index contributed by atoms with van der Waals surface area (Å²) in [7, 11) is 0. The van der Waals surface area contributed by atoms with Gasteiger partial charge in [0.1, 0.15) is 0 Å². The van der Waals surface area contributed by atoms with Crippen LogP contribution in [0.4, 0.5) is 0 Å². The number of hydrogen-bond donors (Lipinski definition) is 1. The number of nitrogens with zero attached hydrogens (tertiary/aromatic N) is 1. The van der Waals surface area contributed by atoms with E-state index in [2.05, 4.69) is 10.2 Å². The molecule has 0 radical (unpaired) electrons. The molecule has 0 bridgehead atoms. The van der Waals surface area contributed by atoms with Crippen LogP contribution in [-0.4, -0.2) is 59.2 Å². The zero-order valence-corrected chi connectivity index (χ0v) is 6.73. The third-order valence-electron chi connectivity index (χ3n) is 0.640. The maximum atomic E-state index is 3.88. The Kier molecular flexibility index (Phi) is 1.86.